The van der Waals surface area contributed by atoms with E-state index in [0.717, 1.165) is 70.7 Å². The summed E-state index contributed by atoms with van der Waals surface area (Å²) < 4.78 is 74.8. The fourth-order valence-corrected chi connectivity index (χ4v) is 4.60. The van der Waals surface area contributed by atoms with Gasteiger partial charge in [-0.3, -0.25) is 9.80 Å². The summed E-state index contributed by atoms with van der Waals surface area (Å²) in [5, 5.41) is 15.1. The van der Waals surface area contributed by atoms with E-state index in [4.69, 9.17) is 40.9 Å². The molecule has 0 aliphatic carbocycles. The first-order valence-electron chi connectivity index (χ1n) is 11.1. The van der Waals surface area contributed by atoms with Crippen molar-refractivity contribution in [3.8, 4) is 0 Å². The van der Waals surface area contributed by atoms with Crippen LogP contribution in [0, 0.1) is 11.3 Å². The molecule has 3 aliphatic rings. The highest BCUT2D eigenvalue weighted by Crippen LogP contribution is 2.42. The summed E-state index contributed by atoms with van der Waals surface area (Å²) >= 11 is 6.13. The predicted octanol–water partition coefficient (Wildman–Crippen LogP) is 3.39. The van der Waals surface area contributed by atoms with Crippen molar-refractivity contribution in [3.63, 3.8) is 0 Å². The predicted molar refractivity (Wildman–Crippen MR) is 118 cm³/mol. The summed E-state index contributed by atoms with van der Waals surface area (Å²) in [6.45, 7) is 10.1. The van der Waals surface area contributed by atoms with E-state index in [0.29, 0.717) is 11.3 Å². The second-order valence-corrected chi connectivity index (χ2v) is 9.30. The molecule has 37 heavy (non-hydrogen) atoms. The Balaban J connectivity index is 0.000000286. The maximum atomic E-state index is 10.6. The lowest BCUT2D eigenvalue weighted by Crippen LogP contribution is -2.47. The number of hydrogen-bond donors (Lipinski definition) is 2. The van der Waals surface area contributed by atoms with Crippen LogP contribution in [-0.4, -0.2) is 103 Å². The standard InChI is InChI=1S/C18H25ClN2O2.2C2HF3O2/c19-17-3-1-2-15(8-17)9-21-10-16-11-23-14-18(16,13-21)12-20-4-6-22-7-5-20;2*3-2(4,5)1(6)7/h1-3,8,16H,4-7,9-14H2;2*(H,6,7)/t16-,18+;;/m1../s1. The monoisotopic (exact) mass is 564 g/mol. The van der Waals surface area contributed by atoms with Crippen LogP contribution >= 0.6 is 11.6 Å². The second kappa shape index (κ2) is 13.1. The molecule has 2 atom stereocenters. The molecule has 3 saturated heterocycles. The Morgan fingerprint density at radius 2 is 1.57 bits per heavy atom. The maximum absolute atomic E-state index is 10.6. The van der Waals surface area contributed by atoms with Crippen molar-refractivity contribution in [1.29, 1.82) is 0 Å². The van der Waals surface area contributed by atoms with Gasteiger partial charge >= 0.3 is 24.3 Å². The van der Waals surface area contributed by atoms with E-state index >= 15 is 0 Å². The van der Waals surface area contributed by atoms with Gasteiger partial charge in [-0.1, -0.05) is 23.7 Å². The van der Waals surface area contributed by atoms with Crippen LogP contribution in [0.2, 0.25) is 5.02 Å². The number of alkyl halides is 6. The van der Waals surface area contributed by atoms with E-state index in [9.17, 15) is 26.3 Å². The Labute approximate surface area is 213 Å². The van der Waals surface area contributed by atoms with Crippen molar-refractivity contribution in [3.05, 3.63) is 34.9 Å². The van der Waals surface area contributed by atoms with Crippen LogP contribution in [0.4, 0.5) is 26.3 Å². The van der Waals surface area contributed by atoms with Gasteiger partial charge in [0.15, 0.2) is 0 Å². The number of aliphatic carboxylic acids is 2. The van der Waals surface area contributed by atoms with Gasteiger partial charge in [0.1, 0.15) is 0 Å². The minimum Gasteiger partial charge on any atom is -0.475 e. The molecule has 3 heterocycles. The van der Waals surface area contributed by atoms with E-state index in [-0.39, 0.29) is 0 Å². The normalized spacial score (nSPS) is 24.4. The number of fused-ring (bicyclic) bond motifs is 1. The Bertz CT molecular complexity index is 888. The molecule has 3 fully saturated rings. The molecule has 0 bridgehead atoms. The third-order valence-electron chi connectivity index (χ3n) is 6.01. The smallest absolute Gasteiger partial charge is 0.475 e. The third kappa shape index (κ3) is 9.93. The highest BCUT2D eigenvalue weighted by molar-refractivity contribution is 6.30. The molecular formula is C22H27ClF6N2O6. The van der Waals surface area contributed by atoms with Crippen molar-refractivity contribution in [2.24, 2.45) is 11.3 Å². The van der Waals surface area contributed by atoms with Crippen LogP contribution in [0.5, 0.6) is 0 Å². The van der Waals surface area contributed by atoms with Gasteiger partial charge in [0.25, 0.3) is 0 Å². The number of halogens is 7. The van der Waals surface area contributed by atoms with E-state index in [2.05, 4.69) is 21.9 Å². The lowest BCUT2D eigenvalue weighted by molar-refractivity contribution is -0.193. The molecule has 0 saturated carbocycles. The Morgan fingerprint density at radius 1 is 1.00 bits per heavy atom. The largest absolute Gasteiger partial charge is 0.490 e. The van der Waals surface area contributed by atoms with Crippen molar-refractivity contribution in [1.82, 2.24) is 9.80 Å². The van der Waals surface area contributed by atoms with Crippen LogP contribution in [0.15, 0.2) is 24.3 Å². The Hall–Kier alpha value is -2.13. The third-order valence-corrected chi connectivity index (χ3v) is 6.25. The number of nitrogens with zero attached hydrogens (tertiary/aromatic N) is 2. The highest BCUT2D eigenvalue weighted by Gasteiger charge is 2.51. The summed E-state index contributed by atoms with van der Waals surface area (Å²) in [6.07, 6.45) is -10.2. The van der Waals surface area contributed by atoms with Crippen LogP contribution in [-0.2, 0) is 25.6 Å². The fourth-order valence-electron chi connectivity index (χ4n) is 4.39. The molecule has 15 heteroatoms. The molecule has 0 unspecified atom stereocenters. The SMILES string of the molecule is Clc1cccc(CN2C[C@@H]3COC[C@]3(CN3CCOCC3)C2)c1.O=C(O)C(F)(F)F.O=C(O)C(F)(F)F. The minimum atomic E-state index is -5.08. The zero-order valence-electron chi connectivity index (χ0n) is 19.5. The van der Waals surface area contributed by atoms with Crippen LogP contribution < -0.4 is 0 Å². The zero-order valence-corrected chi connectivity index (χ0v) is 20.3. The fraction of sp³-hybridized carbons (Fsp3) is 0.636. The molecule has 8 nitrogen and oxygen atoms in total. The molecule has 0 amide bonds. The van der Waals surface area contributed by atoms with Gasteiger partial charge in [0.05, 0.1) is 26.4 Å². The number of likely N-dealkylation sites (tertiary alicyclic amines) is 1. The van der Waals surface area contributed by atoms with Gasteiger partial charge in [-0.25, -0.2) is 9.59 Å². The van der Waals surface area contributed by atoms with Crippen molar-refractivity contribution in [2.45, 2.75) is 18.9 Å². The number of rotatable bonds is 4. The van der Waals surface area contributed by atoms with Crippen LogP contribution in [0.1, 0.15) is 5.56 Å². The van der Waals surface area contributed by atoms with Gasteiger partial charge in [-0.05, 0) is 17.7 Å². The molecule has 1 aromatic rings. The topological polar surface area (TPSA) is 99.5 Å². The summed E-state index contributed by atoms with van der Waals surface area (Å²) in [5.41, 5.74) is 1.61. The van der Waals surface area contributed by atoms with Gasteiger partial charge in [-0.15, -0.1) is 0 Å². The quantitative estimate of drug-likeness (QED) is 0.537. The lowest BCUT2D eigenvalue weighted by atomic mass is 9.80. The van der Waals surface area contributed by atoms with Gasteiger partial charge in [0, 0.05) is 55.6 Å². The molecule has 3 aliphatic heterocycles. The number of carboxylic acid groups (broad SMARTS) is 2. The summed E-state index contributed by atoms with van der Waals surface area (Å²) in [6, 6.07) is 8.24. The molecule has 0 aromatic heterocycles. The number of hydrogen-bond acceptors (Lipinski definition) is 6. The minimum absolute atomic E-state index is 0.302. The Morgan fingerprint density at radius 3 is 2.08 bits per heavy atom. The average molecular weight is 565 g/mol. The molecule has 0 radical (unpaired) electrons. The summed E-state index contributed by atoms with van der Waals surface area (Å²) in [5.74, 6) is -4.86. The van der Waals surface area contributed by atoms with Gasteiger partial charge < -0.3 is 19.7 Å². The Kier molecular flexibility index (Phi) is 11.0. The van der Waals surface area contributed by atoms with E-state index in [1.807, 2.05) is 12.1 Å². The zero-order chi connectivity index (χ0) is 27.9. The first-order valence-corrected chi connectivity index (χ1v) is 11.4. The summed E-state index contributed by atoms with van der Waals surface area (Å²) in [7, 11) is 0. The van der Waals surface area contributed by atoms with Gasteiger partial charge in [0.2, 0.25) is 0 Å². The van der Waals surface area contributed by atoms with Crippen molar-refractivity contribution in [2.75, 3.05) is 59.2 Å². The molecule has 1 aromatic carbocycles. The van der Waals surface area contributed by atoms with Crippen LogP contribution in [0.3, 0.4) is 0 Å². The van der Waals surface area contributed by atoms with Crippen molar-refractivity contribution >= 4 is 23.5 Å². The first kappa shape index (κ1) is 31.1. The molecule has 0 spiro atoms. The number of morpholine rings is 1. The second-order valence-electron chi connectivity index (χ2n) is 8.87. The number of ether oxygens (including phenoxy) is 2. The maximum Gasteiger partial charge on any atom is 0.490 e. The molecule has 4 rings (SSSR count). The molecule has 210 valence electrons. The van der Waals surface area contributed by atoms with Crippen LogP contribution in [0.25, 0.3) is 0 Å². The molecule has 2 N–H and O–H groups in total. The number of benzene rings is 1. The van der Waals surface area contributed by atoms with Crippen molar-refractivity contribution < 1.29 is 55.6 Å². The first-order chi connectivity index (χ1) is 17.1. The number of carboxylic acids is 2. The highest BCUT2D eigenvalue weighted by atomic mass is 35.5. The van der Waals surface area contributed by atoms with E-state index in [1.165, 1.54) is 5.56 Å². The number of carbonyl (C=O) groups is 2. The van der Waals surface area contributed by atoms with E-state index in [1.54, 1.807) is 0 Å². The van der Waals surface area contributed by atoms with E-state index < -0.39 is 24.3 Å². The molecular weight excluding hydrogens is 538 g/mol. The van der Waals surface area contributed by atoms with Gasteiger partial charge in [-0.2, -0.15) is 26.3 Å². The summed E-state index contributed by atoms with van der Waals surface area (Å²) in [4.78, 5) is 22.9. The lowest BCUT2D eigenvalue weighted by Gasteiger charge is -2.36. The average Bonchev–Trinajstić information content (AvgIpc) is 3.30.